The first-order valence-electron chi connectivity index (χ1n) is 6.39. The van der Waals surface area contributed by atoms with E-state index in [0.29, 0.717) is 0 Å². The van der Waals surface area contributed by atoms with Gasteiger partial charge in [0.15, 0.2) is 0 Å². The van der Waals surface area contributed by atoms with Crippen LogP contribution in [0.25, 0.3) is 0 Å². The summed E-state index contributed by atoms with van der Waals surface area (Å²) in [5, 5.41) is 3.51. The fraction of sp³-hybridized carbons (Fsp3) is 0.600. The number of hydrogen-bond acceptors (Lipinski definition) is 1. The van der Waals surface area contributed by atoms with Crippen LogP contribution in [0.4, 0.5) is 0 Å². The Hall–Kier alpha value is -0.820. The van der Waals surface area contributed by atoms with Crippen LogP contribution in [0.3, 0.4) is 0 Å². The SMILES string of the molecule is Cc1cc(C2CCCNC2)c(C)c(C)c1C. The molecule has 1 unspecified atom stereocenters. The van der Waals surface area contributed by atoms with Crippen molar-refractivity contribution in [2.75, 3.05) is 13.1 Å². The molecule has 1 nitrogen and oxygen atoms in total. The van der Waals surface area contributed by atoms with Crippen molar-refractivity contribution in [2.24, 2.45) is 0 Å². The van der Waals surface area contributed by atoms with E-state index in [2.05, 4.69) is 39.1 Å². The first-order valence-corrected chi connectivity index (χ1v) is 6.39. The molecule has 0 aromatic heterocycles. The zero-order valence-corrected chi connectivity index (χ0v) is 11.0. The third-order valence-corrected chi connectivity index (χ3v) is 4.26. The monoisotopic (exact) mass is 217 g/mol. The second kappa shape index (κ2) is 4.58. The summed E-state index contributed by atoms with van der Waals surface area (Å²) in [6.07, 6.45) is 2.66. The lowest BCUT2D eigenvalue weighted by Crippen LogP contribution is -2.29. The van der Waals surface area contributed by atoms with Crippen LogP contribution in [0, 0.1) is 27.7 Å². The minimum absolute atomic E-state index is 0.728. The van der Waals surface area contributed by atoms with Crippen LogP contribution in [-0.2, 0) is 0 Å². The maximum Gasteiger partial charge on any atom is 0.00202 e. The largest absolute Gasteiger partial charge is 0.316 e. The molecule has 1 atom stereocenters. The average molecular weight is 217 g/mol. The molecule has 1 aliphatic rings. The first-order chi connectivity index (χ1) is 7.61. The van der Waals surface area contributed by atoms with Crippen LogP contribution in [0.2, 0.25) is 0 Å². The number of aryl methyl sites for hydroxylation is 1. The third kappa shape index (κ3) is 2.01. The molecule has 16 heavy (non-hydrogen) atoms. The fourth-order valence-electron chi connectivity index (χ4n) is 2.78. The zero-order valence-electron chi connectivity index (χ0n) is 11.0. The zero-order chi connectivity index (χ0) is 11.7. The lowest BCUT2D eigenvalue weighted by Gasteiger charge is -2.26. The predicted molar refractivity (Wildman–Crippen MR) is 70.2 cm³/mol. The van der Waals surface area contributed by atoms with Crippen molar-refractivity contribution in [3.8, 4) is 0 Å². The maximum absolute atomic E-state index is 3.51. The van der Waals surface area contributed by atoms with Crippen molar-refractivity contribution in [3.05, 3.63) is 33.9 Å². The summed E-state index contributed by atoms with van der Waals surface area (Å²) in [6, 6.07) is 2.41. The van der Waals surface area contributed by atoms with E-state index in [1.165, 1.54) is 41.6 Å². The van der Waals surface area contributed by atoms with Crippen LogP contribution < -0.4 is 5.32 Å². The highest BCUT2D eigenvalue weighted by Crippen LogP contribution is 2.30. The van der Waals surface area contributed by atoms with Crippen LogP contribution in [0.1, 0.15) is 46.6 Å². The van der Waals surface area contributed by atoms with Gasteiger partial charge in [0.2, 0.25) is 0 Å². The molecule has 88 valence electrons. The van der Waals surface area contributed by atoms with Crippen molar-refractivity contribution in [1.82, 2.24) is 5.32 Å². The van der Waals surface area contributed by atoms with Gasteiger partial charge in [0.1, 0.15) is 0 Å². The Bertz CT molecular complexity index is 387. The van der Waals surface area contributed by atoms with Gasteiger partial charge in [-0.05, 0) is 80.8 Å². The van der Waals surface area contributed by atoms with Crippen molar-refractivity contribution in [1.29, 1.82) is 0 Å². The third-order valence-electron chi connectivity index (χ3n) is 4.26. The van der Waals surface area contributed by atoms with Crippen molar-refractivity contribution in [2.45, 2.75) is 46.5 Å². The van der Waals surface area contributed by atoms with Crippen LogP contribution in [-0.4, -0.2) is 13.1 Å². The minimum Gasteiger partial charge on any atom is -0.316 e. The smallest absolute Gasteiger partial charge is 0.00202 e. The second-order valence-corrected chi connectivity index (χ2v) is 5.20. The van der Waals surface area contributed by atoms with E-state index in [-0.39, 0.29) is 0 Å². The topological polar surface area (TPSA) is 12.0 Å². The van der Waals surface area contributed by atoms with Gasteiger partial charge in [-0.1, -0.05) is 6.07 Å². The molecule has 1 aromatic carbocycles. The van der Waals surface area contributed by atoms with Gasteiger partial charge in [-0.2, -0.15) is 0 Å². The summed E-state index contributed by atoms with van der Waals surface area (Å²) in [5.41, 5.74) is 7.49. The molecule has 0 aliphatic carbocycles. The van der Waals surface area contributed by atoms with Gasteiger partial charge in [0.05, 0.1) is 0 Å². The molecule has 1 saturated heterocycles. The van der Waals surface area contributed by atoms with E-state index in [9.17, 15) is 0 Å². The molecular weight excluding hydrogens is 194 g/mol. The quantitative estimate of drug-likeness (QED) is 0.760. The van der Waals surface area contributed by atoms with Gasteiger partial charge >= 0.3 is 0 Å². The Morgan fingerprint density at radius 2 is 1.81 bits per heavy atom. The Morgan fingerprint density at radius 3 is 2.44 bits per heavy atom. The van der Waals surface area contributed by atoms with Crippen LogP contribution in [0.15, 0.2) is 6.07 Å². The second-order valence-electron chi connectivity index (χ2n) is 5.20. The van der Waals surface area contributed by atoms with E-state index in [1.54, 1.807) is 5.56 Å². The molecule has 2 rings (SSSR count). The molecule has 0 radical (unpaired) electrons. The van der Waals surface area contributed by atoms with Gasteiger partial charge in [-0.3, -0.25) is 0 Å². The van der Waals surface area contributed by atoms with Gasteiger partial charge in [-0.15, -0.1) is 0 Å². The lowest BCUT2D eigenvalue weighted by molar-refractivity contribution is 0.460. The van der Waals surface area contributed by atoms with E-state index in [4.69, 9.17) is 0 Å². The van der Waals surface area contributed by atoms with Gasteiger partial charge < -0.3 is 5.32 Å². The van der Waals surface area contributed by atoms with E-state index >= 15 is 0 Å². The Labute approximate surface area is 99.3 Å². The van der Waals surface area contributed by atoms with E-state index in [0.717, 1.165) is 12.5 Å². The van der Waals surface area contributed by atoms with Gasteiger partial charge in [-0.25, -0.2) is 0 Å². The molecular formula is C15H23N. The highest BCUT2D eigenvalue weighted by Gasteiger charge is 2.18. The fourth-order valence-corrected chi connectivity index (χ4v) is 2.78. The lowest BCUT2D eigenvalue weighted by atomic mass is 9.84. The van der Waals surface area contributed by atoms with E-state index in [1.807, 2.05) is 0 Å². The molecule has 0 spiro atoms. The Kier molecular flexibility index (Phi) is 3.34. The van der Waals surface area contributed by atoms with E-state index < -0.39 is 0 Å². The van der Waals surface area contributed by atoms with Crippen molar-refractivity contribution < 1.29 is 0 Å². The number of benzene rings is 1. The standard InChI is InChI=1S/C15H23N/c1-10-8-15(13(4)12(3)11(10)2)14-6-5-7-16-9-14/h8,14,16H,5-7,9H2,1-4H3. The molecule has 0 saturated carbocycles. The summed E-state index contributed by atoms with van der Waals surface area (Å²) in [6.45, 7) is 11.4. The van der Waals surface area contributed by atoms with Crippen molar-refractivity contribution in [3.63, 3.8) is 0 Å². The Balaban J connectivity index is 2.40. The highest BCUT2D eigenvalue weighted by molar-refractivity contribution is 5.45. The molecule has 1 N–H and O–H groups in total. The molecule has 1 heterocycles. The average Bonchev–Trinajstić information content (AvgIpc) is 2.32. The molecule has 0 bridgehead atoms. The molecule has 1 heteroatoms. The first kappa shape index (κ1) is 11.7. The van der Waals surface area contributed by atoms with Crippen molar-refractivity contribution >= 4 is 0 Å². The molecule has 1 aromatic rings. The number of hydrogen-bond donors (Lipinski definition) is 1. The normalized spacial score (nSPS) is 21.1. The Morgan fingerprint density at radius 1 is 1.06 bits per heavy atom. The number of piperidine rings is 1. The van der Waals surface area contributed by atoms with Gasteiger partial charge in [0, 0.05) is 6.54 Å². The maximum atomic E-state index is 3.51. The highest BCUT2D eigenvalue weighted by atomic mass is 14.9. The van der Waals surface area contributed by atoms with Crippen LogP contribution in [0.5, 0.6) is 0 Å². The summed E-state index contributed by atoms with van der Waals surface area (Å²) in [5.74, 6) is 0.728. The summed E-state index contributed by atoms with van der Waals surface area (Å²) < 4.78 is 0. The summed E-state index contributed by atoms with van der Waals surface area (Å²) in [4.78, 5) is 0. The minimum atomic E-state index is 0.728. The van der Waals surface area contributed by atoms with Crippen LogP contribution >= 0.6 is 0 Å². The number of rotatable bonds is 1. The molecule has 1 aliphatic heterocycles. The summed E-state index contributed by atoms with van der Waals surface area (Å²) in [7, 11) is 0. The molecule has 1 fully saturated rings. The summed E-state index contributed by atoms with van der Waals surface area (Å²) >= 11 is 0. The molecule has 0 amide bonds. The predicted octanol–water partition coefficient (Wildman–Crippen LogP) is 3.39. The van der Waals surface area contributed by atoms with Gasteiger partial charge in [0.25, 0.3) is 0 Å². The number of nitrogens with one attached hydrogen (secondary N) is 1.